The Morgan fingerprint density at radius 3 is 2.86 bits per heavy atom. The fraction of sp³-hybridized carbons (Fsp3) is 0.0588. The third-order valence-electron chi connectivity index (χ3n) is 2.87. The number of phenols is 1. The van der Waals surface area contributed by atoms with Gasteiger partial charge in [0.2, 0.25) is 5.78 Å². The first-order valence-electron chi connectivity index (χ1n) is 6.39. The Morgan fingerprint density at radius 2 is 2.23 bits per heavy atom. The van der Waals surface area contributed by atoms with Crippen molar-refractivity contribution < 1.29 is 14.6 Å². The van der Waals surface area contributed by atoms with Crippen LogP contribution in [-0.4, -0.2) is 18.0 Å². The molecule has 1 aromatic heterocycles. The topological polar surface area (TPSA) is 70.3 Å². The molecule has 1 heterocycles. The molecule has 2 aromatic rings. The Hall–Kier alpha value is -2.84. The Morgan fingerprint density at radius 1 is 1.41 bits per heavy atom. The summed E-state index contributed by atoms with van der Waals surface area (Å²) in [6.07, 6.45) is 4.82. The van der Waals surface area contributed by atoms with Gasteiger partial charge in [0.1, 0.15) is 11.6 Å². The van der Waals surface area contributed by atoms with Crippen LogP contribution < -0.4 is 4.74 Å². The van der Waals surface area contributed by atoms with E-state index in [0.29, 0.717) is 10.6 Å². The van der Waals surface area contributed by atoms with Crippen molar-refractivity contribution >= 4 is 23.2 Å². The monoisotopic (exact) mass is 311 g/mol. The smallest absolute Gasteiger partial charge is 0.213 e. The zero-order chi connectivity index (χ0) is 15.9. The van der Waals surface area contributed by atoms with Gasteiger partial charge in [0.05, 0.1) is 12.0 Å². The third kappa shape index (κ3) is 3.62. The van der Waals surface area contributed by atoms with E-state index in [1.807, 2.05) is 6.07 Å². The van der Waals surface area contributed by atoms with Gasteiger partial charge in [-0.25, -0.2) is 0 Å². The summed E-state index contributed by atoms with van der Waals surface area (Å²) in [5.41, 5.74) is 0.858. The van der Waals surface area contributed by atoms with Crippen molar-refractivity contribution in [2.24, 2.45) is 0 Å². The molecule has 4 nitrogen and oxygen atoms in total. The standard InChI is InChI=1S/C17H13NO3S/c1-21-15-10-12(7-8-14(15)19)4-2-5-13(11-18)17(20)16-6-3-9-22-16/h2-10,19H,1H3. The lowest BCUT2D eigenvalue weighted by molar-refractivity contribution is 0.104. The van der Waals surface area contributed by atoms with Crippen LogP contribution in [0.5, 0.6) is 11.5 Å². The molecule has 0 fully saturated rings. The first kappa shape index (κ1) is 15.5. The van der Waals surface area contributed by atoms with E-state index in [0.717, 1.165) is 5.56 Å². The number of nitriles is 1. The van der Waals surface area contributed by atoms with E-state index >= 15 is 0 Å². The Balaban J connectivity index is 2.18. The predicted molar refractivity (Wildman–Crippen MR) is 86.0 cm³/mol. The van der Waals surface area contributed by atoms with Crippen molar-refractivity contribution in [2.75, 3.05) is 7.11 Å². The van der Waals surface area contributed by atoms with Gasteiger partial charge in [0, 0.05) is 0 Å². The van der Waals surface area contributed by atoms with E-state index in [1.165, 1.54) is 30.6 Å². The molecule has 22 heavy (non-hydrogen) atoms. The number of thiophene rings is 1. The maximum absolute atomic E-state index is 12.1. The summed E-state index contributed by atoms with van der Waals surface area (Å²) in [5, 5.41) is 20.4. The average Bonchev–Trinajstić information content (AvgIpc) is 3.07. The van der Waals surface area contributed by atoms with Crippen molar-refractivity contribution in [1.29, 1.82) is 5.26 Å². The summed E-state index contributed by atoms with van der Waals surface area (Å²) in [6, 6.07) is 10.2. The molecule has 0 aliphatic carbocycles. The van der Waals surface area contributed by atoms with Crippen molar-refractivity contribution in [3.8, 4) is 17.6 Å². The molecule has 0 atom stereocenters. The van der Waals surface area contributed by atoms with Crippen LogP contribution in [0.1, 0.15) is 15.2 Å². The lowest BCUT2D eigenvalue weighted by Crippen LogP contribution is -1.98. The molecule has 1 N–H and O–H groups in total. The van der Waals surface area contributed by atoms with Gasteiger partial charge >= 0.3 is 0 Å². The maximum Gasteiger partial charge on any atom is 0.213 e. The Labute approximate surface area is 132 Å². The van der Waals surface area contributed by atoms with E-state index in [1.54, 1.807) is 41.8 Å². The molecule has 1 aromatic carbocycles. The largest absolute Gasteiger partial charge is 0.504 e. The number of rotatable bonds is 5. The van der Waals surface area contributed by atoms with Crippen LogP contribution in [-0.2, 0) is 0 Å². The summed E-state index contributed by atoms with van der Waals surface area (Å²) in [4.78, 5) is 12.6. The lowest BCUT2D eigenvalue weighted by Gasteiger charge is -2.03. The van der Waals surface area contributed by atoms with E-state index in [2.05, 4.69) is 0 Å². The van der Waals surface area contributed by atoms with Gasteiger partial charge in [0.15, 0.2) is 11.5 Å². The zero-order valence-corrected chi connectivity index (χ0v) is 12.6. The molecule has 0 amide bonds. The van der Waals surface area contributed by atoms with Crippen LogP contribution in [0.15, 0.2) is 53.4 Å². The number of phenolic OH excluding ortho intramolecular Hbond substituents is 1. The van der Waals surface area contributed by atoms with Gasteiger partial charge in [-0.2, -0.15) is 5.26 Å². The van der Waals surface area contributed by atoms with Gasteiger partial charge in [-0.1, -0.05) is 24.3 Å². The van der Waals surface area contributed by atoms with E-state index < -0.39 is 0 Å². The minimum absolute atomic E-state index is 0.0563. The number of aromatic hydroxyl groups is 1. The second-order valence-electron chi connectivity index (χ2n) is 4.29. The Kier molecular flexibility index (Phi) is 5.12. The van der Waals surface area contributed by atoms with Gasteiger partial charge in [-0.15, -0.1) is 11.3 Å². The number of hydrogen-bond donors (Lipinski definition) is 1. The second kappa shape index (κ2) is 7.25. The highest BCUT2D eigenvalue weighted by Crippen LogP contribution is 2.26. The normalized spacial score (nSPS) is 11.4. The van der Waals surface area contributed by atoms with Crippen molar-refractivity contribution in [1.82, 2.24) is 0 Å². The number of hydrogen-bond acceptors (Lipinski definition) is 5. The number of ketones is 1. The number of nitrogens with zero attached hydrogens (tertiary/aromatic N) is 1. The molecule has 0 radical (unpaired) electrons. The summed E-state index contributed by atoms with van der Waals surface area (Å²) >= 11 is 1.30. The molecule has 110 valence electrons. The first-order valence-corrected chi connectivity index (χ1v) is 7.27. The van der Waals surface area contributed by atoms with Gasteiger partial charge in [0.25, 0.3) is 0 Å². The molecule has 5 heteroatoms. The lowest BCUT2D eigenvalue weighted by atomic mass is 10.1. The van der Waals surface area contributed by atoms with Crippen LogP contribution in [0.2, 0.25) is 0 Å². The third-order valence-corrected chi connectivity index (χ3v) is 3.73. The SMILES string of the molecule is COc1cc(C=CC=C(C#N)C(=O)c2cccs2)ccc1O. The second-order valence-corrected chi connectivity index (χ2v) is 5.24. The van der Waals surface area contributed by atoms with Gasteiger partial charge in [-0.3, -0.25) is 4.79 Å². The molecule has 0 bridgehead atoms. The van der Waals surface area contributed by atoms with Crippen LogP contribution in [0.4, 0.5) is 0 Å². The van der Waals surface area contributed by atoms with Gasteiger partial charge < -0.3 is 9.84 Å². The van der Waals surface area contributed by atoms with E-state index in [9.17, 15) is 9.90 Å². The predicted octanol–water partition coefficient (Wildman–Crippen LogP) is 3.81. The maximum atomic E-state index is 12.1. The average molecular weight is 311 g/mol. The van der Waals surface area contributed by atoms with Crippen molar-refractivity contribution in [2.45, 2.75) is 0 Å². The van der Waals surface area contributed by atoms with E-state index in [-0.39, 0.29) is 17.1 Å². The van der Waals surface area contributed by atoms with E-state index in [4.69, 9.17) is 10.00 Å². The molecular weight excluding hydrogens is 298 g/mol. The molecule has 0 aliphatic rings. The summed E-state index contributed by atoms with van der Waals surface area (Å²) in [7, 11) is 1.47. The van der Waals surface area contributed by atoms with Crippen LogP contribution in [0, 0.1) is 11.3 Å². The highest BCUT2D eigenvalue weighted by molar-refractivity contribution is 7.12. The molecule has 0 spiro atoms. The number of Topliss-reactive ketones (excluding diaryl/α,β-unsaturated/α-hetero) is 1. The molecule has 2 rings (SSSR count). The minimum Gasteiger partial charge on any atom is -0.504 e. The summed E-state index contributed by atoms with van der Waals surface area (Å²) < 4.78 is 5.02. The highest BCUT2D eigenvalue weighted by Gasteiger charge is 2.11. The molecule has 0 saturated heterocycles. The number of carbonyl (C=O) groups is 1. The highest BCUT2D eigenvalue weighted by atomic mass is 32.1. The molecular formula is C17H13NO3S. The fourth-order valence-electron chi connectivity index (χ4n) is 1.76. The van der Waals surface area contributed by atoms with Crippen LogP contribution in [0.3, 0.4) is 0 Å². The first-order chi connectivity index (χ1) is 10.7. The quantitative estimate of drug-likeness (QED) is 0.394. The number of carbonyl (C=O) groups excluding carboxylic acids is 1. The molecule has 0 aliphatic heterocycles. The number of methoxy groups -OCH3 is 1. The zero-order valence-electron chi connectivity index (χ0n) is 11.8. The Bertz CT molecular complexity index is 768. The minimum atomic E-state index is -0.287. The number of allylic oxidation sites excluding steroid dienone is 3. The number of ether oxygens (including phenoxy) is 1. The van der Waals surface area contributed by atoms with Crippen LogP contribution in [0.25, 0.3) is 6.08 Å². The summed E-state index contributed by atoms with van der Waals surface area (Å²) in [6.45, 7) is 0. The van der Waals surface area contributed by atoms with Crippen molar-refractivity contribution in [3.63, 3.8) is 0 Å². The van der Waals surface area contributed by atoms with Crippen molar-refractivity contribution in [3.05, 3.63) is 63.9 Å². The fourth-order valence-corrected chi connectivity index (χ4v) is 2.44. The molecule has 0 unspecified atom stereocenters. The number of benzene rings is 1. The van der Waals surface area contributed by atoms with Gasteiger partial charge in [-0.05, 0) is 35.2 Å². The molecule has 0 saturated carbocycles. The summed E-state index contributed by atoms with van der Waals surface area (Å²) in [5.74, 6) is 0.132. The van der Waals surface area contributed by atoms with Crippen LogP contribution >= 0.6 is 11.3 Å².